The summed E-state index contributed by atoms with van der Waals surface area (Å²) < 4.78 is 13.0. The lowest BCUT2D eigenvalue weighted by Gasteiger charge is -2.11. The summed E-state index contributed by atoms with van der Waals surface area (Å²) in [7, 11) is 0. The fourth-order valence-electron chi connectivity index (χ4n) is 1.46. The van der Waals surface area contributed by atoms with Crippen LogP contribution in [0.5, 0.6) is 0 Å². The van der Waals surface area contributed by atoms with E-state index in [4.69, 9.17) is 5.73 Å². The second-order valence-electron chi connectivity index (χ2n) is 3.76. The van der Waals surface area contributed by atoms with Gasteiger partial charge in [-0.3, -0.25) is 0 Å². The molecule has 0 aliphatic heterocycles. The van der Waals surface area contributed by atoms with Gasteiger partial charge in [0, 0.05) is 12.2 Å². The smallest absolute Gasteiger partial charge is 0.122 e. The van der Waals surface area contributed by atoms with E-state index in [1.807, 2.05) is 25.1 Å². The third kappa shape index (κ3) is 3.51. The molecule has 0 radical (unpaired) electrons. The summed E-state index contributed by atoms with van der Waals surface area (Å²) in [5, 5.41) is 3.28. The van der Waals surface area contributed by atoms with Gasteiger partial charge >= 0.3 is 0 Å². The molecule has 84 valence electrons. The van der Waals surface area contributed by atoms with E-state index in [0.717, 1.165) is 29.8 Å². The summed E-state index contributed by atoms with van der Waals surface area (Å²) in [6.45, 7) is 5.08. The molecule has 3 heteroatoms. The SMILES string of the molecule is Cc1cc(C(C)F)ccc1NCCCN. The highest BCUT2D eigenvalue weighted by atomic mass is 19.1. The molecule has 0 amide bonds. The van der Waals surface area contributed by atoms with Crippen molar-refractivity contribution in [3.63, 3.8) is 0 Å². The Labute approximate surface area is 90.7 Å². The maximum atomic E-state index is 13.0. The quantitative estimate of drug-likeness (QED) is 0.733. The summed E-state index contributed by atoms with van der Waals surface area (Å²) in [5.41, 5.74) is 8.28. The van der Waals surface area contributed by atoms with Gasteiger partial charge in [-0.15, -0.1) is 0 Å². The van der Waals surface area contributed by atoms with Gasteiger partial charge in [0.25, 0.3) is 0 Å². The van der Waals surface area contributed by atoms with Crippen molar-refractivity contribution < 1.29 is 4.39 Å². The highest BCUT2D eigenvalue weighted by Crippen LogP contribution is 2.22. The molecule has 2 nitrogen and oxygen atoms in total. The second kappa shape index (κ2) is 5.71. The first-order valence-corrected chi connectivity index (χ1v) is 5.33. The predicted octanol–water partition coefficient (Wildman–Crippen LogP) is 2.79. The Balaban J connectivity index is 2.66. The van der Waals surface area contributed by atoms with Crippen molar-refractivity contribution in [3.05, 3.63) is 29.3 Å². The first kappa shape index (κ1) is 12.0. The molecule has 0 bridgehead atoms. The number of rotatable bonds is 5. The normalized spacial score (nSPS) is 12.5. The van der Waals surface area contributed by atoms with Gasteiger partial charge in [-0.25, -0.2) is 4.39 Å². The predicted molar refractivity (Wildman–Crippen MR) is 62.9 cm³/mol. The molecule has 1 aromatic rings. The van der Waals surface area contributed by atoms with Crippen LogP contribution < -0.4 is 11.1 Å². The molecule has 0 aromatic heterocycles. The minimum Gasteiger partial charge on any atom is -0.385 e. The number of benzene rings is 1. The Kier molecular flexibility index (Phi) is 4.56. The van der Waals surface area contributed by atoms with Crippen LogP contribution in [0.15, 0.2) is 18.2 Å². The third-order valence-electron chi connectivity index (χ3n) is 2.41. The maximum Gasteiger partial charge on any atom is 0.122 e. The van der Waals surface area contributed by atoms with E-state index in [1.54, 1.807) is 6.92 Å². The van der Waals surface area contributed by atoms with Gasteiger partial charge < -0.3 is 11.1 Å². The molecule has 0 aliphatic carbocycles. The van der Waals surface area contributed by atoms with E-state index < -0.39 is 6.17 Å². The van der Waals surface area contributed by atoms with Crippen molar-refractivity contribution in [2.75, 3.05) is 18.4 Å². The molecule has 0 aliphatic rings. The number of halogens is 1. The Morgan fingerprint density at radius 3 is 2.73 bits per heavy atom. The standard InChI is InChI=1S/C12H19FN2/c1-9-8-11(10(2)13)4-5-12(9)15-7-3-6-14/h4-5,8,10,15H,3,6-7,14H2,1-2H3. The Morgan fingerprint density at radius 2 is 2.20 bits per heavy atom. The molecule has 0 fully saturated rings. The van der Waals surface area contributed by atoms with Crippen LogP contribution in [0.25, 0.3) is 0 Å². The second-order valence-corrected chi connectivity index (χ2v) is 3.76. The molecule has 0 saturated heterocycles. The van der Waals surface area contributed by atoms with Gasteiger partial charge in [0.1, 0.15) is 6.17 Å². The van der Waals surface area contributed by atoms with E-state index in [-0.39, 0.29) is 0 Å². The van der Waals surface area contributed by atoms with Crippen LogP contribution in [0.1, 0.15) is 30.6 Å². The van der Waals surface area contributed by atoms with Gasteiger partial charge in [0.05, 0.1) is 0 Å². The van der Waals surface area contributed by atoms with Gasteiger partial charge in [-0.1, -0.05) is 12.1 Å². The van der Waals surface area contributed by atoms with Crippen molar-refractivity contribution >= 4 is 5.69 Å². The number of alkyl halides is 1. The van der Waals surface area contributed by atoms with E-state index >= 15 is 0 Å². The average molecular weight is 210 g/mol. The number of nitrogens with one attached hydrogen (secondary N) is 1. The zero-order valence-corrected chi connectivity index (χ0v) is 9.39. The zero-order valence-electron chi connectivity index (χ0n) is 9.39. The van der Waals surface area contributed by atoms with Gasteiger partial charge in [-0.2, -0.15) is 0 Å². The minimum atomic E-state index is -0.901. The number of nitrogens with two attached hydrogens (primary N) is 1. The van der Waals surface area contributed by atoms with E-state index in [0.29, 0.717) is 6.54 Å². The molecule has 1 aromatic carbocycles. The van der Waals surface area contributed by atoms with Crippen LogP contribution in [-0.4, -0.2) is 13.1 Å². The first-order valence-electron chi connectivity index (χ1n) is 5.33. The molecule has 3 N–H and O–H groups in total. The maximum absolute atomic E-state index is 13.0. The first-order chi connectivity index (χ1) is 7.15. The summed E-state index contributed by atoms with van der Waals surface area (Å²) in [5.74, 6) is 0. The summed E-state index contributed by atoms with van der Waals surface area (Å²) >= 11 is 0. The Bertz CT molecular complexity index is 310. The lowest BCUT2D eigenvalue weighted by molar-refractivity contribution is 0.374. The van der Waals surface area contributed by atoms with Crippen LogP contribution in [0.4, 0.5) is 10.1 Å². The molecule has 0 saturated carbocycles. The van der Waals surface area contributed by atoms with Crippen LogP contribution in [-0.2, 0) is 0 Å². The van der Waals surface area contributed by atoms with Crippen molar-refractivity contribution in [3.8, 4) is 0 Å². The average Bonchev–Trinajstić information content (AvgIpc) is 2.20. The minimum absolute atomic E-state index is 0.686. The third-order valence-corrected chi connectivity index (χ3v) is 2.41. The lowest BCUT2D eigenvalue weighted by Crippen LogP contribution is -2.09. The van der Waals surface area contributed by atoms with Crippen LogP contribution in [0, 0.1) is 6.92 Å². The zero-order chi connectivity index (χ0) is 11.3. The van der Waals surface area contributed by atoms with Gasteiger partial charge in [0.2, 0.25) is 0 Å². The molecular weight excluding hydrogens is 191 g/mol. The van der Waals surface area contributed by atoms with Gasteiger partial charge in [-0.05, 0) is 44.0 Å². The van der Waals surface area contributed by atoms with Crippen LogP contribution >= 0.6 is 0 Å². The van der Waals surface area contributed by atoms with Crippen molar-refractivity contribution in [1.82, 2.24) is 0 Å². The Morgan fingerprint density at radius 1 is 1.47 bits per heavy atom. The molecule has 1 rings (SSSR count). The van der Waals surface area contributed by atoms with E-state index in [1.165, 1.54) is 0 Å². The molecule has 1 unspecified atom stereocenters. The highest BCUT2D eigenvalue weighted by molar-refractivity contribution is 5.52. The fourth-order valence-corrected chi connectivity index (χ4v) is 1.46. The number of aryl methyl sites for hydroxylation is 1. The van der Waals surface area contributed by atoms with Crippen LogP contribution in [0.3, 0.4) is 0 Å². The largest absolute Gasteiger partial charge is 0.385 e. The molecule has 0 spiro atoms. The molecule has 15 heavy (non-hydrogen) atoms. The summed E-state index contributed by atoms with van der Waals surface area (Å²) in [6.07, 6.45) is 0.0440. The highest BCUT2D eigenvalue weighted by Gasteiger charge is 2.04. The fraction of sp³-hybridized carbons (Fsp3) is 0.500. The summed E-state index contributed by atoms with van der Waals surface area (Å²) in [6, 6.07) is 5.63. The van der Waals surface area contributed by atoms with Gasteiger partial charge in [0.15, 0.2) is 0 Å². The Hall–Kier alpha value is -1.09. The van der Waals surface area contributed by atoms with Crippen LogP contribution in [0.2, 0.25) is 0 Å². The molecule has 1 atom stereocenters. The number of hydrogen-bond donors (Lipinski definition) is 2. The number of hydrogen-bond acceptors (Lipinski definition) is 2. The van der Waals surface area contributed by atoms with E-state index in [2.05, 4.69) is 5.32 Å². The number of anilines is 1. The molecule has 0 heterocycles. The van der Waals surface area contributed by atoms with Crippen molar-refractivity contribution in [2.45, 2.75) is 26.4 Å². The summed E-state index contributed by atoms with van der Waals surface area (Å²) in [4.78, 5) is 0. The van der Waals surface area contributed by atoms with E-state index in [9.17, 15) is 4.39 Å². The monoisotopic (exact) mass is 210 g/mol. The molecular formula is C12H19FN2. The lowest BCUT2D eigenvalue weighted by atomic mass is 10.1. The van der Waals surface area contributed by atoms with Crippen molar-refractivity contribution in [2.24, 2.45) is 5.73 Å². The van der Waals surface area contributed by atoms with Crippen molar-refractivity contribution in [1.29, 1.82) is 0 Å². The topological polar surface area (TPSA) is 38.0 Å².